The highest BCUT2D eigenvalue weighted by Crippen LogP contribution is 2.13. The second-order valence-electron chi connectivity index (χ2n) is 3.88. The molecule has 1 rings (SSSR count). The number of rotatable bonds is 5. The molecule has 0 fully saturated rings. The van der Waals surface area contributed by atoms with Gasteiger partial charge in [0.15, 0.2) is 0 Å². The van der Waals surface area contributed by atoms with Crippen LogP contribution in [0.4, 0.5) is 0 Å². The highest BCUT2D eigenvalue weighted by atomic mass is 16.5. The molecule has 0 saturated heterocycles. The van der Waals surface area contributed by atoms with Gasteiger partial charge in [0.25, 0.3) is 0 Å². The molecule has 0 spiro atoms. The maximum absolute atomic E-state index is 5.60. The Bertz CT molecular complexity index is 321. The summed E-state index contributed by atoms with van der Waals surface area (Å²) >= 11 is 0. The average molecular weight is 206 g/mol. The Balaban J connectivity index is 2.50. The summed E-state index contributed by atoms with van der Waals surface area (Å²) in [6.45, 7) is 5.11. The van der Waals surface area contributed by atoms with E-state index in [9.17, 15) is 0 Å². The van der Waals surface area contributed by atoms with Crippen LogP contribution in [0.25, 0.3) is 0 Å². The normalized spacial score (nSPS) is 11.1. The lowest BCUT2D eigenvalue weighted by atomic mass is 10.1. The van der Waals surface area contributed by atoms with Crippen LogP contribution in [0, 0.1) is 5.92 Å². The van der Waals surface area contributed by atoms with Crippen molar-refractivity contribution in [1.82, 2.24) is 0 Å². The topological polar surface area (TPSA) is 47.6 Å². The van der Waals surface area contributed by atoms with Crippen LogP contribution in [0.2, 0.25) is 0 Å². The number of hydrazone groups is 1. The molecule has 2 N–H and O–H groups in total. The predicted molar refractivity (Wildman–Crippen MR) is 63.2 cm³/mol. The van der Waals surface area contributed by atoms with E-state index in [0.29, 0.717) is 5.92 Å². The fraction of sp³-hybridized carbons (Fsp3) is 0.417. The monoisotopic (exact) mass is 206 g/mol. The zero-order valence-corrected chi connectivity index (χ0v) is 9.31. The standard InChI is InChI=1S/C12H18N2O/c1-10(2)6-7-15-12-5-3-4-11(8-12)9-14-13/h3-5,8-10H,6-7,13H2,1-2H3. The van der Waals surface area contributed by atoms with Gasteiger partial charge >= 0.3 is 0 Å². The highest BCUT2D eigenvalue weighted by molar-refractivity contribution is 5.79. The third-order valence-electron chi connectivity index (χ3n) is 2.05. The summed E-state index contributed by atoms with van der Waals surface area (Å²) < 4.78 is 5.60. The van der Waals surface area contributed by atoms with Gasteiger partial charge in [-0.1, -0.05) is 26.0 Å². The number of nitrogens with two attached hydrogens (primary N) is 1. The molecule has 0 heterocycles. The van der Waals surface area contributed by atoms with Gasteiger partial charge in [-0.3, -0.25) is 0 Å². The van der Waals surface area contributed by atoms with Gasteiger partial charge in [-0.15, -0.1) is 0 Å². The van der Waals surface area contributed by atoms with E-state index in [1.807, 2.05) is 24.3 Å². The van der Waals surface area contributed by atoms with Crippen LogP contribution in [0.15, 0.2) is 29.4 Å². The minimum atomic E-state index is 0.666. The zero-order valence-electron chi connectivity index (χ0n) is 9.31. The first-order valence-corrected chi connectivity index (χ1v) is 5.18. The molecule has 1 aromatic carbocycles. The van der Waals surface area contributed by atoms with Gasteiger partial charge in [0.1, 0.15) is 5.75 Å². The molecule has 0 aliphatic heterocycles. The fourth-order valence-electron chi connectivity index (χ4n) is 1.18. The Morgan fingerprint density at radius 2 is 2.27 bits per heavy atom. The van der Waals surface area contributed by atoms with E-state index >= 15 is 0 Å². The average Bonchev–Trinajstić information content (AvgIpc) is 2.18. The van der Waals surface area contributed by atoms with Gasteiger partial charge in [-0.2, -0.15) is 5.10 Å². The van der Waals surface area contributed by atoms with Crippen molar-refractivity contribution in [2.75, 3.05) is 6.61 Å². The smallest absolute Gasteiger partial charge is 0.119 e. The van der Waals surface area contributed by atoms with Gasteiger partial charge in [0.05, 0.1) is 12.8 Å². The second kappa shape index (κ2) is 6.06. The summed E-state index contributed by atoms with van der Waals surface area (Å²) in [5, 5.41) is 3.47. The lowest BCUT2D eigenvalue weighted by Crippen LogP contribution is -2.01. The molecule has 15 heavy (non-hydrogen) atoms. The first-order valence-electron chi connectivity index (χ1n) is 5.18. The maximum Gasteiger partial charge on any atom is 0.119 e. The van der Waals surface area contributed by atoms with E-state index in [2.05, 4.69) is 18.9 Å². The summed E-state index contributed by atoms with van der Waals surface area (Å²) in [4.78, 5) is 0. The summed E-state index contributed by atoms with van der Waals surface area (Å²) in [6, 6.07) is 7.73. The number of nitrogens with zero attached hydrogens (tertiary/aromatic N) is 1. The van der Waals surface area contributed by atoms with Gasteiger partial charge in [-0.05, 0) is 30.0 Å². The summed E-state index contributed by atoms with van der Waals surface area (Å²) in [6.07, 6.45) is 2.67. The maximum atomic E-state index is 5.60. The molecule has 0 bridgehead atoms. The van der Waals surface area contributed by atoms with Crippen molar-refractivity contribution in [3.8, 4) is 5.75 Å². The largest absolute Gasteiger partial charge is 0.494 e. The van der Waals surface area contributed by atoms with Crippen LogP contribution in [-0.4, -0.2) is 12.8 Å². The SMILES string of the molecule is CC(C)CCOc1cccc(C=NN)c1. The molecule has 0 unspecified atom stereocenters. The van der Waals surface area contributed by atoms with E-state index in [1.165, 1.54) is 0 Å². The molecule has 1 aromatic rings. The Morgan fingerprint density at radius 1 is 1.47 bits per heavy atom. The minimum Gasteiger partial charge on any atom is -0.494 e. The van der Waals surface area contributed by atoms with Crippen molar-refractivity contribution in [3.05, 3.63) is 29.8 Å². The van der Waals surface area contributed by atoms with E-state index in [1.54, 1.807) is 6.21 Å². The van der Waals surface area contributed by atoms with Crippen molar-refractivity contribution in [2.24, 2.45) is 16.9 Å². The quantitative estimate of drug-likeness (QED) is 0.457. The molecule has 3 heteroatoms. The van der Waals surface area contributed by atoms with Crippen LogP contribution in [0.1, 0.15) is 25.8 Å². The molecule has 0 saturated carbocycles. The molecular weight excluding hydrogens is 188 g/mol. The van der Waals surface area contributed by atoms with E-state index in [4.69, 9.17) is 10.6 Å². The van der Waals surface area contributed by atoms with E-state index in [-0.39, 0.29) is 0 Å². The van der Waals surface area contributed by atoms with Crippen LogP contribution in [0.3, 0.4) is 0 Å². The Kier molecular flexibility index (Phi) is 4.68. The number of benzene rings is 1. The molecule has 0 amide bonds. The number of hydrogen-bond donors (Lipinski definition) is 1. The molecule has 0 aliphatic rings. The molecule has 3 nitrogen and oxygen atoms in total. The summed E-state index contributed by atoms with van der Waals surface area (Å²) in [5.41, 5.74) is 0.958. The Labute approximate surface area is 90.9 Å². The van der Waals surface area contributed by atoms with Crippen LogP contribution < -0.4 is 10.6 Å². The van der Waals surface area contributed by atoms with Crippen molar-refractivity contribution in [2.45, 2.75) is 20.3 Å². The Morgan fingerprint density at radius 3 is 2.93 bits per heavy atom. The summed E-state index contributed by atoms with van der Waals surface area (Å²) in [5.74, 6) is 6.61. The molecule has 0 aliphatic carbocycles. The predicted octanol–water partition coefficient (Wildman–Crippen LogP) is 2.40. The van der Waals surface area contributed by atoms with Gasteiger partial charge in [0, 0.05) is 0 Å². The van der Waals surface area contributed by atoms with Crippen molar-refractivity contribution in [1.29, 1.82) is 0 Å². The van der Waals surface area contributed by atoms with E-state index in [0.717, 1.165) is 24.3 Å². The van der Waals surface area contributed by atoms with Gasteiger partial charge in [-0.25, -0.2) is 0 Å². The highest BCUT2D eigenvalue weighted by Gasteiger charge is 1.97. The first kappa shape index (κ1) is 11.6. The third kappa shape index (κ3) is 4.49. The molecular formula is C12H18N2O. The van der Waals surface area contributed by atoms with Crippen LogP contribution >= 0.6 is 0 Å². The lowest BCUT2D eigenvalue weighted by Gasteiger charge is -2.08. The molecule has 0 atom stereocenters. The van der Waals surface area contributed by atoms with Crippen molar-refractivity contribution < 1.29 is 4.74 Å². The zero-order chi connectivity index (χ0) is 11.1. The molecule has 0 aromatic heterocycles. The van der Waals surface area contributed by atoms with E-state index < -0.39 is 0 Å². The number of ether oxygens (including phenoxy) is 1. The third-order valence-corrected chi connectivity index (χ3v) is 2.05. The van der Waals surface area contributed by atoms with Gasteiger partial charge in [0.2, 0.25) is 0 Å². The Hall–Kier alpha value is -1.51. The van der Waals surface area contributed by atoms with Crippen molar-refractivity contribution >= 4 is 6.21 Å². The molecule has 0 radical (unpaired) electrons. The van der Waals surface area contributed by atoms with Crippen LogP contribution in [-0.2, 0) is 0 Å². The lowest BCUT2D eigenvalue weighted by molar-refractivity contribution is 0.289. The fourth-order valence-corrected chi connectivity index (χ4v) is 1.18. The second-order valence-corrected chi connectivity index (χ2v) is 3.88. The summed E-state index contributed by atoms with van der Waals surface area (Å²) in [7, 11) is 0. The van der Waals surface area contributed by atoms with Crippen LogP contribution in [0.5, 0.6) is 5.75 Å². The number of hydrogen-bond acceptors (Lipinski definition) is 3. The minimum absolute atomic E-state index is 0.666. The van der Waals surface area contributed by atoms with Gasteiger partial charge < -0.3 is 10.6 Å². The first-order chi connectivity index (χ1) is 7.22. The van der Waals surface area contributed by atoms with Crippen molar-refractivity contribution in [3.63, 3.8) is 0 Å². The molecule has 82 valence electrons.